The topological polar surface area (TPSA) is 78.9 Å². The third-order valence-corrected chi connectivity index (χ3v) is 1.36. The van der Waals surface area contributed by atoms with Crippen molar-refractivity contribution in [1.29, 1.82) is 5.41 Å². The van der Waals surface area contributed by atoms with Gasteiger partial charge >= 0.3 is 0 Å². The van der Waals surface area contributed by atoms with Crippen LogP contribution in [0, 0.1) is 5.41 Å². The van der Waals surface area contributed by atoms with Gasteiger partial charge in [-0.2, -0.15) is 0 Å². The van der Waals surface area contributed by atoms with E-state index in [9.17, 15) is 0 Å². The Kier molecular flexibility index (Phi) is 2.23. The van der Waals surface area contributed by atoms with E-state index < -0.39 is 0 Å². The molecule has 0 atom stereocenters. The summed E-state index contributed by atoms with van der Waals surface area (Å²) in [5.74, 6) is 0.553. The van der Waals surface area contributed by atoms with Crippen molar-refractivity contribution in [2.24, 2.45) is 5.73 Å². The Labute approximate surface area is 70.8 Å². The molecule has 0 aromatic carbocycles. The highest BCUT2D eigenvalue weighted by atomic mass is 15.2. The zero-order chi connectivity index (χ0) is 9.14. The standard InChI is InChI=1S/C7H11N5/c1-12(2)7-5(6(8)9)10-3-4-11-7/h3-4H,1-2H3,(H3,8,9). The lowest BCUT2D eigenvalue weighted by atomic mass is 10.3. The van der Waals surface area contributed by atoms with Crippen LogP contribution in [-0.2, 0) is 0 Å². The number of nitrogens with one attached hydrogen (secondary N) is 1. The molecule has 64 valence electrons. The van der Waals surface area contributed by atoms with Gasteiger partial charge in [-0.05, 0) is 0 Å². The molecule has 0 unspecified atom stereocenters. The lowest BCUT2D eigenvalue weighted by molar-refractivity contribution is 1.03. The number of hydrogen-bond acceptors (Lipinski definition) is 4. The molecular weight excluding hydrogens is 154 g/mol. The lowest BCUT2D eigenvalue weighted by Gasteiger charge is -2.13. The van der Waals surface area contributed by atoms with Crippen molar-refractivity contribution in [3.63, 3.8) is 0 Å². The summed E-state index contributed by atoms with van der Waals surface area (Å²) < 4.78 is 0. The summed E-state index contributed by atoms with van der Waals surface area (Å²) in [6.07, 6.45) is 3.09. The molecule has 5 nitrogen and oxygen atoms in total. The molecule has 0 amide bonds. The first kappa shape index (κ1) is 8.45. The van der Waals surface area contributed by atoms with E-state index in [2.05, 4.69) is 9.97 Å². The minimum atomic E-state index is -0.0631. The van der Waals surface area contributed by atoms with Gasteiger partial charge in [-0.3, -0.25) is 5.41 Å². The van der Waals surface area contributed by atoms with Crippen molar-refractivity contribution in [3.05, 3.63) is 18.1 Å². The van der Waals surface area contributed by atoms with Gasteiger partial charge in [0.25, 0.3) is 0 Å². The van der Waals surface area contributed by atoms with Crippen LogP contribution in [0.25, 0.3) is 0 Å². The summed E-state index contributed by atoms with van der Waals surface area (Å²) in [6.45, 7) is 0. The fraction of sp³-hybridized carbons (Fsp3) is 0.286. The summed E-state index contributed by atoms with van der Waals surface area (Å²) in [6, 6.07) is 0. The number of nitrogen functional groups attached to an aromatic ring is 1. The third-order valence-electron chi connectivity index (χ3n) is 1.36. The van der Waals surface area contributed by atoms with Crippen LogP contribution in [-0.4, -0.2) is 29.9 Å². The average molecular weight is 165 g/mol. The maximum atomic E-state index is 7.22. The van der Waals surface area contributed by atoms with Crippen LogP contribution >= 0.6 is 0 Å². The van der Waals surface area contributed by atoms with Gasteiger partial charge < -0.3 is 10.6 Å². The zero-order valence-corrected chi connectivity index (χ0v) is 7.07. The first-order valence-corrected chi connectivity index (χ1v) is 3.45. The summed E-state index contributed by atoms with van der Waals surface area (Å²) in [7, 11) is 3.66. The van der Waals surface area contributed by atoms with Crippen LogP contribution in [0.1, 0.15) is 5.69 Å². The third kappa shape index (κ3) is 1.50. The van der Waals surface area contributed by atoms with Crippen molar-refractivity contribution < 1.29 is 0 Å². The Morgan fingerprint density at radius 1 is 1.42 bits per heavy atom. The first-order valence-electron chi connectivity index (χ1n) is 3.45. The normalized spacial score (nSPS) is 9.50. The lowest BCUT2D eigenvalue weighted by Crippen LogP contribution is -2.21. The summed E-state index contributed by atoms with van der Waals surface area (Å²) in [5.41, 5.74) is 5.73. The second-order valence-electron chi connectivity index (χ2n) is 2.54. The Morgan fingerprint density at radius 2 is 2.00 bits per heavy atom. The van der Waals surface area contributed by atoms with Crippen LogP contribution in [0.2, 0.25) is 0 Å². The predicted octanol–water partition coefficient (Wildman–Crippen LogP) is -0.173. The number of nitrogens with zero attached hydrogens (tertiary/aromatic N) is 3. The Hall–Kier alpha value is -1.65. The van der Waals surface area contributed by atoms with Gasteiger partial charge in [0.2, 0.25) is 0 Å². The van der Waals surface area contributed by atoms with Crippen LogP contribution < -0.4 is 10.6 Å². The molecule has 0 radical (unpaired) electrons. The number of nitrogens with two attached hydrogens (primary N) is 1. The fourth-order valence-corrected chi connectivity index (χ4v) is 0.848. The molecule has 5 heteroatoms. The molecule has 3 N–H and O–H groups in total. The smallest absolute Gasteiger partial charge is 0.157 e. The number of aromatic nitrogens is 2. The van der Waals surface area contributed by atoms with Crippen molar-refractivity contribution in [2.45, 2.75) is 0 Å². The molecular formula is C7H11N5. The predicted molar refractivity (Wildman–Crippen MR) is 47.4 cm³/mol. The fourth-order valence-electron chi connectivity index (χ4n) is 0.848. The van der Waals surface area contributed by atoms with E-state index in [1.165, 1.54) is 6.20 Å². The van der Waals surface area contributed by atoms with Crippen LogP contribution in [0.4, 0.5) is 5.82 Å². The largest absolute Gasteiger partial charge is 0.382 e. The van der Waals surface area contributed by atoms with E-state index in [0.717, 1.165) is 0 Å². The van der Waals surface area contributed by atoms with E-state index in [1.54, 1.807) is 11.1 Å². The maximum absolute atomic E-state index is 7.22. The van der Waals surface area contributed by atoms with Gasteiger partial charge in [0.15, 0.2) is 5.82 Å². The molecule has 0 bridgehead atoms. The quantitative estimate of drug-likeness (QED) is 0.471. The summed E-state index contributed by atoms with van der Waals surface area (Å²) >= 11 is 0. The van der Waals surface area contributed by atoms with Crippen molar-refractivity contribution >= 4 is 11.7 Å². The minimum absolute atomic E-state index is 0.0631. The highest BCUT2D eigenvalue weighted by Gasteiger charge is 2.08. The monoisotopic (exact) mass is 165 g/mol. The van der Waals surface area contributed by atoms with Gasteiger partial charge in [-0.1, -0.05) is 0 Å². The maximum Gasteiger partial charge on any atom is 0.157 e. The van der Waals surface area contributed by atoms with E-state index >= 15 is 0 Å². The molecule has 1 rings (SSSR count). The van der Waals surface area contributed by atoms with Crippen LogP contribution in [0.3, 0.4) is 0 Å². The Bertz CT molecular complexity index is 294. The molecule has 12 heavy (non-hydrogen) atoms. The first-order chi connectivity index (χ1) is 5.63. The van der Waals surface area contributed by atoms with E-state index in [-0.39, 0.29) is 5.84 Å². The summed E-state index contributed by atoms with van der Waals surface area (Å²) in [5, 5.41) is 7.22. The number of anilines is 1. The highest BCUT2D eigenvalue weighted by Crippen LogP contribution is 2.09. The Balaban J connectivity index is 3.17. The van der Waals surface area contributed by atoms with E-state index in [4.69, 9.17) is 11.1 Å². The van der Waals surface area contributed by atoms with Gasteiger partial charge in [0.1, 0.15) is 11.5 Å². The second kappa shape index (κ2) is 3.17. The van der Waals surface area contributed by atoms with E-state index in [0.29, 0.717) is 11.5 Å². The van der Waals surface area contributed by atoms with Gasteiger partial charge in [-0.25, -0.2) is 9.97 Å². The van der Waals surface area contributed by atoms with Crippen molar-refractivity contribution in [2.75, 3.05) is 19.0 Å². The average Bonchev–Trinajstić information content (AvgIpc) is 2.04. The molecule has 0 aliphatic carbocycles. The van der Waals surface area contributed by atoms with Crippen LogP contribution in [0.15, 0.2) is 12.4 Å². The molecule has 0 saturated carbocycles. The zero-order valence-electron chi connectivity index (χ0n) is 7.07. The van der Waals surface area contributed by atoms with Gasteiger partial charge in [-0.15, -0.1) is 0 Å². The van der Waals surface area contributed by atoms with E-state index in [1.807, 2.05) is 14.1 Å². The number of amidine groups is 1. The molecule has 1 aromatic rings. The molecule has 0 saturated heterocycles. The van der Waals surface area contributed by atoms with Gasteiger partial charge in [0, 0.05) is 26.5 Å². The molecule has 0 aliphatic rings. The molecule has 0 fully saturated rings. The molecule has 1 aromatic heterocycles. The van der Waals surface area contributed by atoms with Crippen LogP contribution in [0.5, 0.6) is 0 Å². The minimum Gasteiger partial charge on any atom is -0.382 e. The molecule has 1 heterocycles. The summed E-state index contributed by atoms with van der Waals surface area (Å²) in [4.78, 5) is 9.76. The highest BCUT2D eigenvalue weighted by molar-refractivity contribution is 5.97. The Morgan fingerprint density at radius 3 is 2.42 bits per heavy atom. The number of hydrogen-bond donors (Lipinski definition) is 2. The molecule has 0 aliphatic heterocycles. The van der Waals surface area contributed by atoms with Crippen molar-refractivity contribution in [3.8, 4) is 0 Å². The van der Waals surface area contributed by atoms with Crippen molar-refractivity contribution in [1.82, 2.24) is 9.97 Å². The molecule has 0 spiro atoms. The SMILES string of the molecule is CN(C)c1nccnc1C(=N)N. The number of rotatable bonds is 2. The second-order valence-corrected chi connectivity index (χ2v) is 2.54. The van der Waals surface area contributed by atoms with Gasteiger partial charge in [0.05, 0.1) is 0 Å².